The maximum atomic E-state index is 8.74. The zero-order valence-corrected chi connectivity index (χ0v) is 11.2. The van der Waals surface area contributed by atoms with Gasteiger partial charge in [0.25, 0.3) is 0 Å². The lowest BCUT2D eigenvalue weighted by molar-refractivity contribution is 0.281. The van der Waals surface area contributed by atoms with Crippen molar-refractivity contribution in [3.05, 3.63) is 21.9 Å². The summed E-state index contributed by atoms with van der Waals surface area (Å²) in [6, 6.07) is 4.16. The average molecular weight is 248 g/mol. The molecule has 1 fully saturated rings. The number of hydrogen-bond acceptors (Lipinski definition) is 3. The smallest absolute Gasteiger partial charge is 0.100 e. The van der Waals surface area contributed by atoms with Gasteiger partial charge in [0, 0.05) is 16.8 Å². The predicted molar refractivity (Wildman–Crippen MR) is 71.9 cm³/mol. The normalized spacial score (nSPS) is 24.5. The summed E-state index contributed by atoms with van der Waals surface area (Å²) in [7, 11) is 0. The molecular formula is C14H20N2S. The lowest BCUT2D eigenvalue weighted by Gasteiger charge is -2.26. The Morgan fingerprint density at radius 3 is 2.82 bits per heavy atom. The lowest BCUT2D eigenvalue weighted by Crippen LogP contribution is -2.25. The Bertz CT molecular complexity index is 383. The van der Waals surface area contributed by atoms with E-state index < -0.39 is 0 Å². The second kappa shape index (κ2) is 6.18. The Morgan fingerprint density at radius 1 is 1.41 bits per heavy atom. The molecule has 3 heteroatoms. The van der Waals surface area contributed by atoms with Crippen molar-refractivity contribution in [2.24, 2.45) is 11.8 Å². The molecular weight excluding hydrogens is 228 g/mol. The first-order valence-corrected chi connectivity index (χ1v) is 7.34. The minimum atomic E-state index is 0.790. The van der Waals surface area contributed by atoms with Crippen LogP contribution in [-0.4, -0.2) is 6.54 Å². The van der Waals surface area contributed by atoms with E-state index in [1.165, 1.54) is 30.6 Å². The Labute approximate surface area is 108 Å². The molecule has 1 aromatic heterocycles. The summed E-state index contributed by atoms with van der Waals surface area (Å²) in [5.41, 5.74) is 0.790. The number of rotatable bonds is 4. The van der Waals surface area contributed by atoms with Crippen molar-refractivity contribution >= 4 is 11.3 Å². The SMILES string of the molecule is CC1CCC(CNCc2cc(C#N)cs2)CC1. The van der Waals surface area contributed by atoms with E-state index in [-0.39, 0.29) is 0 Å². The maximum absolute atomic E-state index is 8.74. The van der Waals surface area contributed by atoms with Gasteiger partial charge in [0.05, 0.1) is 5.56 Å². The molecule has 1 aliphatic rings. The van der Waals surface area contributed by atoms with E-state index in [1.807, 2.05) is 11.4 Å². The van der Waals surface area contributed by atoms with Crippen LogP contribution >= 0.6 is 11.3 Å². The van der Waals surface area contributed by atoms with Crippen LogP contribution in [0.2, 0.25) is 0 Å². The van der Waals surface area contributed by atoms with Crippen LogP contribution in [0, 0.1) is 23.2 Å². The fourth-order valence-electron chi connectivity index (χ4n) is 2.46. The molecule has 0 amide bonds. The van der Waals surface area contributed by atoms with Gasteiger partial charge in [-0.25, -0.2) is 0 Å². The average Bonchev–Trinajstić information content (AvgIpc) is 2.80. The quantitative estimate of drug-likeness (QED) is 0.884. The molecule has 92 valence electrons. The highest BCUT2D eigenvalue weighted by Crippen LogP contribution is 2.27. The van der Waals surface area contributed by atoms with E-state index in [0.29, 0.717) is 0 Å². The van der Waals surface area contributed by atoms with Crippen molar-refractivity contribution < 1.29 is 0 Å². The fourth-order valence-corrected chi connectivity index (χ4v) is 3.24. The Kier molecular flexibility index (Phi) is 4.58. The van der Waals surface area contributed by atoms with Crippen molar-refractivity contribution in [3.63, 3.8) is 0 Å². The summed E-state index contributed by atoms with van der Waals surface area (Å²) in [5, 5.41) is 14.2. The minimum absolute atomic E-state index is 0.790. The molecule has 0 aromatic carbocycles. The van der Waals surface area contributed by atoms with Crippen molar-refractivity contribution in [1.29, 1.82) is 5.26 Å². The first-order chi connectivity index (χ1) is 8.28. The van der Waals surface area contributed by atoms with Crippen LogP contribution < -0.4 is 5.32 Å². The molecule has 0 saturated heterocycles. The van der Waals surface area contributed by atoms with Crippen molar-refractivity contribution in [2.75, 3.05) is 6.54 Å². The first-order valence-electron chi connectivity index (χ1n) is 6.46. The van der Waals surface area contributed by atoms with Gasteiger partial charge in [-0.15, -0.1) is 11.3 Å². The summed E-state index contributed by atoms with van der Waals surface area (Å²) < 4.78 is 0. The zero-order valence-electron chi connectivity index (χ0n) is 10.4. The first kappa shape index (κ1) is 12.6. The third-order valence-electron chi connectivity index (χ3n) is 3.65. The number of nitrogens with one attached hydrogen (secondary N) is 1. The Balaban J connectivity index is 1.67. The van der Waals surface area contributed by atoms with Gasteiger partial charge < -0.3 is 5.32 Å². The minimum Gasteiger partial charge on any atom is -0.312 e. The van der Waals surface area contributed by atoms with Gasteiger partial charge >= 0.3 is 0 Å². The topological polar surface area (TPSA) is 35.8 Å². The summed E-state index contributed by atoms with van der Waals surface area (Å²) in [5.74, 6) is 1.79. The summed E-state index contributed by atoms with van der Waals surface area (Å²) in [4.78, 5) is 1.27. The Morgan fingerprint density at radius 2 is 2.18 bits per heavy atom. The van der Waals surface area contributed by atoms with Crippen LogP contribution in [-0.2, 0) is 6.54 Å². The monoisotopic (exact) mass is 248 g/mol. The number of hydrogen-bond donors (Lipinski definition) is 1. The van der Waals surface area contributed by atoms with Gasteiger partial charge in [-0.05, 0) is 37.3 Å². The third kappa shape index (κ3) is 3.83. The molecule has 0 radical (unpaired) electrons. The molecule has 0 atom stereocenters. The summed E-state index contributed by atoms with van der Waals surface area (Å²) in [6.45, 7) is 4.41. The number of nitriles is 1. The molecule has 1 saturated carbocycles. The van der Waals surface area contributed by atoms with E-state index in [0.717, 1.165) is 30.5 Å². The van der Waals surface area contributed by atoms with Crippen LogP contribution in [0.25, 0.3) is 0 Å². The highest BCUT2D eigenvalue weighted by Gasteiger charge is 2.17. The summed E-state index contributed by atoms with van der Waals surface area (Å²) in [6.07, 6.45) is 5.54. The van der Waals surface area contributed by atoms with Crippen molar-refractivity contribution in [2.45, 2.75) is 39.2 Å². The Hall–Kier alpha value is -0.850. The van der Waals surface area contributed by atoms with Crippen LogP contribution in [0.5, 0.6) is 0 Å². The fraction of sp³-hybridized carbons (Fsp3) is 0.643. The largest absolute Gasteiger partial charge is 0.312 e. The molecule has 0 unspecified atom stereocenters. The molecule has 1 aliphatic carbocycles. The van der Waals surface area contributed by atoms with Gasteiger partial charge in [-0.2, -0.15) is 5.26 Å². The van der Waals surface area contributed by atoms with E-state index in [2.05, 4.69) is 18.3 Å². The van der Waals surface area contributed by atoms with Crippen LogP contribution in [0.4, 0.5) is 0 Å². The molecule has 1 heterocycles. The standard InChI is InChI=1S/C14H20N2S/c1-11-2-4-12(5-3-11)8-16-9-14-6-13(7-15)10-17-14/h6,10-12,16H,2-5,8-9H2,1H3. The molecule has 0 spiro atoms. The predicted octanol–water partition coefficient (Wildman–Crippen LogP) is 3.54. The maximum Gasteiger partial charge on any atom is 0.100 e. The lowest BCUT2D eigenvalue weighted by atomic mass is 9.83. The van der Waals surface area contributed by atoms with E-state index in [4.69, 9.17) is 5.26 Å². The molecule has 0 bridgehead atoms. The van der Waals surface area contributed by atoms with Gasteiger partial charge in [0.1, 0.15) is 6.07 Å². The summed E-state index contributed by atoms with van der Waals surface area (Å²) >= 11 is 1.68. The van der Waals surface area contributed by atoms with E-state index in [9.17, 15) is 0 Å². The van der Waals surface area contributed by atoms with Crippen LogP contribution in [0.1, 0.15) is 43.0 Å². The highest BCUT2D eigenvalue weighted by atomic mass is 32.1. The van der Waals surface area contributed by atoms with E-state index >= 15 is 0 Å². The van der Waals surface area contributed by atoms with E-state index in [1.54, 1.807) is 11.3 Å². The van der Waals surface area contributed by atoms with Crippen LogP contribution in [0.3, 0.4) is 0 Å². The molecule has 0 aliphatic heterocycles. The molecule has 17 heavy (non-hydrogen) atoms. The molecule has 1 aromatic rings. The second-order valence-corrected chi connectivity index (χ2v) is 6.17. The molecule has 1 N–H and O–H groups in total. The van der Waals surface area contributed by atoms with Crippen LogP contribution in [0.15, 0.2) is 11.4 Å². The zero-order chi connectivity index (χ0) is 12.1. The highest BCUT2D eigenvalue weighted by molar-refractivity contribution is 7.10. The van der Waals surface area contributed by atoms with Gasteiger partial charge in [0.15, 0.2) is 0 Å². The van der Waals surface area contributed by atoms with Gasteiger partial charge in [-0.3, -0.25) is 0 Å². The van der Waals surface area contributed by atoms with Crippen molar-refractivity contribution in [1.82, 2.24) is 5.32 Å². The molecule has 2 rings (SSSR count). The second-order valence-electron chi connectivity index (χ2n) is 5.17. The van der Waals surface area contributed by atoms with Crippen molar-refractivity contribution in [3.8, 4) is 6.07 Å². The number of nitrogens with zero attached hydrogens (tertiary/aromatic N) is 1. The van der Waals surface area contributed by atoms with Gasteiger partial charge in [0.2, 0.25) is 0 Å². The third-order valence-corrected chi connectivity index (χ3v) is 4.59. The number of thiophene rings is 1. The van der Waals surface area contributed by atoms with Gasteiger partial charge in [-0.1, -0.05) is 19.8 Å². The molecule has 2 nitrogen and oxygen atoms in total.